The van der Waals surface area contributed by atoms with Crippen molar-refractivity contribution in [1.82, 2.24) is 5.43 Å². The third-order valence-corrected chi connectivity index (χ3v) is 3.97. The van der Waals surface area contributed by atoms with Crippen molar-refractivity contribution in [3.63, 3.8) is 0 Å². The van der Waals surface area contributed by atoms with Crippen LogP contribution >= 0.6 is 11.6 Å². The molecule has 1 aromatic rings. The quantitative estimate of drug-likeness (QED) is 0.660. The van der Waals surface area contributed by atoms with Gasteiger partial charge in [0.1, 0.15) is 5.82 Å². The molecular formula is C13H16ClF3N2. The number of hydrazine groups is 1. The molecule has 1 aliphatic carbocycles. The zero-order chi connectivity index (χ0) is 14.0. The Bertz CT molecular complexity index is 454. The van der Waals surface area contributed by atoms with E-state index in [0.29, 0.717) is 18.4 Å². The first-order valence-electron chi connectivity index (χ1n) is 6.19. The van der Waals surface area contributed by atoms with Crippen molar-refractivity contribution in [2.45, 2.75) is 37.6 Å². The number of nitrogens with two attached hydrogens (primary N) is 1. The number of benzene rings is 1. The zero-order valence-corrected chi connectivity index (χ0v) is 11.1. The predicted molar refractivity (Wildman–Crippen MR) is 68.5 cm³/mol. The lowest BCUT2D eigenvalue weighted by atomic mass is 9.92. The van der Waals surface area contributed by atoms with Crippen LogP contribution in [0.3, 0.4) is 0 Å². The molecule has 2 rings (SSSR count). The summed E-state index contributed by atoms with van der Waals surface area (Å²) in [4.78, 5) is 0. The Balaban J connectivity index is 2.05. The van der Waals surface area contributed by atoms with Crippen LogP contribution < -0.4 is 11.3 Å². The van der Waals surface area contributed by atoms with Crippen LogP contribution in [0.2, 0.25) is 5.02 Å². The molecule has 0 bridgehead atoms. The number of hydrogen-bond acceptors (Lipinski definition) is 2. The van der Waals surface area contributed by atoms with Crippen molar-refractivity contribution in [2.24, 2.45) is 11.8 Å². The molecule has 1 aromatic carbocycles. The molecule has 2 unspecified atom stereocenters. The van der Waals surface area contributed by atoms with Gasteiger partial charge in [0.05, 0.1) is 5.02 Å². The summed E-state index contributed by atoms with van der Waals surface area (Å²) in [6.07, 6.45) is 0.562. The molecule has 1 fully saturated rings. The van der Waals surface area contributed by atoms with Gasteiger partial charge in [0.15, 0.2) is 0 Å². The van der Waals surface area contributed by atoms with E-state index in [1.165, 1.54) is 12.1 Å². The molecule has 0 aromatic heterocycles. The number of halogens is 4. The molecule has 6 heteroatoms. The van der Waals surface area contributed by atoms with Gasteiger partial charge in [0, 0.05) is 18.9 Å². The van der Waals surface area contributed by atoms with Gasteiger partial charge in [-0.25, -0.2) is 13.2 Å². The molecule has 0 heterocycles. The van der Waals surface area contributed by atoms with Gasteiger partial charge in [-0.2, -0.15) is 0 Å². The highest BCUT2D eigenvalue weighted by Gasteiger charge is 2.42. The van der Waals surface area contributed by atoms with E-state index in [-0.39, 0.29) is 29.8 Å². The monoisotopic (exact) mass is 292 g/mol. The maximum atomic E-state index is 13.3. The molecule has 106 valence electrons. The molecule has 2 nitrogen and oxygen atoms in total. The highest BCUT2D eigenvalue weighted by Crippen LogP contribution is 2.40. The van der Waals surface area contributed by atoms with Crippen LogP contribution in [0.4, 0.5) is 13.2 Å². The summed E-state index contributed by atoms with van der Waals surface area (Å²) in [5.74, 6) is 2.13. The second-order valence-electron chi connectivity index (χ2n) is 5.08. The van der Waals surface area contributed by atoms with Crippen molar-refractivity contribution in [1.29, 1.82) is 0 Å². The first-order chi connectivity index (χ1) is 8.91. The van der Waals surface area contributed by atoms with E-state index in [4.69, 9.17) is 17.4 Å². The predicted octanol–water partition coefficient (Wildman–Crippen LogP) is 3.29. The Labute approximate surface area is 115 Å². The van der Waals surface area contributed by atoms with Gasteiger partial charge >= 0.3 is 0 Å². The Morgan fingerprint density at radius 3 is 2.74 bits per heavy atom. The molecule has 0 amide bonds. The van der Waals surface area contributed by atoms with Gasteiger partial charge in [0.25, 0.3) is 0 Å². The maximum Gasteiger partial charge on any atom is 0.248 e. The van der Waals surface area contributed by atoms with Gasteiger partial charge in [-0.1, -0.05) is 17.7 Å². The van der Waals surface area contributed by atoms with E-state index < -0.39 is 11.7 Å². The molecule has 1 saturated carbocycles. The minimum Gasteiger partial charge on any atom is -0.271 e. The third-order valence-electron chi connectivity index (χ3n) is 3.66. The molecule has 1 aliphatic rings. The van der Waals surface area contributed by atoms with Crippen LogP contribution in [0.1, 0.15) is 24.8 Å². The van der Waals surface area contributed by atoms with E-state index in [2.05, 4.69) is 5.43 Å². The van der Waals surface area contributed by atoms with Gasteiger partial charge in [0.2, 0.25) is 5.92 Å². The largest absolute Gasteiger partial charge is 0.271 e. The van der Waals surface area contributed by atoms with Gasteiger partial charge in [-0.05, 0) is 36.5 Å². The van der Waals surface area contributed by atoms with Gasteiger partial charge < -0.3 is 0 Å². The summed E-state index contributed by atoms with van der Waals surface area (Å²) in [6.45, 7) is 0. The minimum absolute atomic E-state index is 0.0495. The molecule has 0 aliphatic heterocycles. The summed E-state index contributed by atoms with van der Waals surface area (Å²) in [5, 5.41) is 0.0495. The maximum absolute atomic E-state index is 13.3. The molecule has 2 atom stereocenters. The Hall–Kier alpha value is -0.780. The van der Waals surface area contributed by atoms with E-state index in [1.54, 1.807) is 6.07 Å². The summed E-state index contributed by atoms with van der Waals surface area (Å²) < 4.78 is 39.7. The smallest absolute Gasteiger partial charge is 0.248 e. The van der Waals surface area contributed by atoms with E-state index in [1.807, 2.05) is 0 Å². The van der Waals surface area contributed by atoms with Gasteiger partial charge in [-0.3, -0.25) is 11.3 Å². The number of alkyl halides is 2. The van der Waals surface area contributed by atoms with Crippen LogP contribution in [0.25, 0.3) is 0 Å². The lowest BCUT2D eigenvalue weighted by molar-refractivity contribution is 0.00330. The first kappa shape index (κ1) is 14.6. The molecule has 19 heavy (non-hydrogen) atoms. The number of hydrogen-bond donors (Lipinski definition) is 2. The lowest BCUT2D eigenvalue weighted by Crippen LogP contribution is -2.42. The number of rotatable bonds is 4. The topological polar surface area (TPSA) is 38.0 Å². The second-order valence-corrected chi connectivity index (χ2v) is 5.49. The number of nitrogens with one attached hydrogen (secondary N) is 1. The molecule has 0 saturated heterocycles. The van der Waals surface area contributed by atoms with Crippen LogP contribution in [0.5, 0.6) is 0 Å². The normalized spacial score (nSPS) is 23.5. The fourth-order valence-electron chi connectivity index (χ4n) is 2.61. The fourth-order valence-corrected chi connectivity index (χ4v) is 2.73. The molecule has 0 radical (unpaired) electrons. The molecular weight excluding hydrogens is 277 g/mol. The highest BCUT2D eigenvalue weighted by atomic mass is 35.5. The van der Waals surface area contributed by atoms with Crippen molar-refractivity contribution in [2.75, 3.05) is 0 Å². The highest BCUT2D eigenvalue weighted by molar-refractivity contribution is 6.30. The van der Waals surface area contributed by atoms with Crippen LogP contribution in [-0.4, -0.2) is 12.0 Å². The summed E-state index contributed by atoms with van der Waals surface area (Å²) in [6, 6.07) is 4.18. The average molecular weight is 293 g/mol. The van der Waals surface area contributed by atoms with Crippen LogP contribution in [-0.2, 0) is 6.42 Å². The average Bonchev–Trinajstić information content (AvgIpc) is 2.71. The molecule has 3 N–H and O–H groups in total. The van der Waals surface area contributed by atoms with E-state index in [9.17, 15) is 13.2 Å². The standard InChI is InChI=1S/C13H16ClF3N2/c14-10-2-1-8(5-11(10)15)6-12(19-18)9-3-4-13(16,17)7-9/h1-2,5,9,12,19H,3-4,6-7,18H2. The first-order valence-corrected chi connectivity index (χ1v) is 6.57. The molecule has 0 spiro atoms. The SMILES string of the molecule is NNC(Cc1ccc(Cl)c(F)c1)C1CCC(F)(F)C1. The Morgan fingerprint density at radius 1 is 1.47 bits per heavy atom. The Morgan fingerprint density at radius 2 is 2.21 bits per heavy atom. The summed E-state index contributed by atoms with van der Waals surface area (Å²) >= 11 is 5.60. The van der Waals surface area contributed by atoms with Crippen LogP contribution in [0, 0.1) is 11.7 Å². The van der Waals surface area contributed by atoms with E-state index >= 15 is 0 Å². The van der Waals surface area contributed by atoms with Crippen molar-refractivity contribution >= 4 is 11.6 Å². The van der Waals surface area contributed by atoms with Crippen molar-refractivity contribution in [3.8, 4) is 0 Å². The fraction of sp³-hybridized carbons (Fsp3) is 0.538. The zero-order valence-electron chi connectivity index (χ0n) is 10.3. The lowest BCUT2D eigenvalue weighted by Gasteiger charge is -2.23. The van der Waals surface area contributed by atoms with Crippen molar-refractivity contribution < 1.29 is 13.2 Å². The Kier molecular flexibility index (Phi) is 4.38. The van der Waals surface area contributed by atoms with E-state index in [0.717, 1.165) is 0 Å². The van der Waals surface area contributed by atoms with Crippen LogP contribution in [0.15, 0.2) is 18.2 Å². The summed E-state index contributed by atoms with van der Waals surface area (Å²) in [7, 11) is 0. The summed E-state index contributed by atoms with van der Waals surface area (Å²) in [5.41, 5.74) is 3.27. The van der Waals surface area contributed by atoms with Crippen molar-refractivity contribution in [3.05, 3.63) is 34.6 Å². The van der Waals surface area contributed by atoms with Gasteiger partial charge in [-0.15, -0.1) is 0 Å². The minimum atomic E-state index is -2.61. The third kappa shape index (κ3) is 3.61. The second kappa shape index (κ2) is 5.69.